The van der Waals surface area contributed by atoms with Gasteiger partial charge in [-0.3, -0.25) is 4.68 Å². The topological polar surface area (TPSA) is 83.2 Å². The Kier molecular flexibility index (Phi) is 12.2. The van der Waals surface area contributed by atoms with Crippen LogP contribution in [0.3, 0.4) is 0 Å². The van der Waals surface area contributed by atoms with E-state index in [0.29, 0.717) is 6.54 Å². The molecule has 2 rings (SSSR count). The molecule has 158 valence electrons. The van der Waals surface area contributed by atoms with Crippen LogP contribution in [0.5, 0.6) is 0 Å². The van der Waals surface area contributed by atoms with E-state index in [2.05, 4.69) is 22.6 Å². The van der Waals surface area contributed by atoms with Crippen molar-refractivity contribution in [2.75, 3.05) is 0 Å². The quantitative estimate of drug-likeness (QED) is 0.441. The van der Waals surface area contributed by atoms with Crippen molar-refractivity contribution >= 4 is 12.4 Å². The summed E-state index contributed by atoms with van der Waals surface area (Å²) in [5.74, 6) is 0. The van der Waals surface area contributed by atoms with Crippen LogP contribution in [0.4, 0.5) is 0 Å². The molecule has 1 aromatic heterocycles. The number of hydrogen-bond acceptors (Lipinski definition) is 5. The van der Waals surface area contributed by atoms with Crippen molar-refractivity contribution in [2.24, 2.45) is 0 Å². The molecule has 1 aliphatic rings. The molecule has 27 heavy (non-hydrogen) atoms. The first-order valence-electron chi connectivity index (χ1n) is 10.6. The van der Waals surface area contributed by atoms with Gasteiger partial charge in [0.15, 0.2) is 0 Å². The number of rotatable bonds is 13. The third-order valence-corrected chi connectivity index (χ3v) is 5.51. The van der Waals surface area contributed by atoms with Crippen molar-refractivity contribution in [3.8, 4) is 0 Å². The highest BCUT2D eigenvalue weighted by Gasteiger charge is 2.38. The smallest absolute Gasteiger partial charge is 0.0985 e. The Hall–Kier alpha value is -0.690. The summed E-state index contributed by atoms with van der Waals surface area (Å²) in [7, 11) is 0. The summed E-state index contributed by atoms with van der Waals surface area (Å²) in [6.45, 7) is 4.68. The molecule has 6 nitrogen and oxygen atoms in total. The van der Waals surface area contributed by atoms with Crippen molar-refractivity contribution < 1.29 is 10.2 Å². The van der Waals surface area contributed by atoms with Gasteiger partial charge in [-0.1, -0.05) is 69.9 Å². The van der Waals surface area contributed by atoms with E-state index < -0.39 is 12.2 Å². The minimum atomic E-state index is -0.750. The average molecular weight is 403 g/mol. The fraction of sp³-hybridized carbons (Fsp3) is 0.900. The molecule has 4 atom stereocenters. The van der Waals surface area contributed by atoms with Crippen molar-refractivity contribution in [2.45, 2.75) is 115 Å². The van der Waals surface area contributed by atoms with Gasteiger partial charge in [0, 0.05) is 12.2 Å². The number of hydrogen-bond donors (Lipinski definition) is 3. The third-order valence-electron chi connectivity index (χ3n) is 5.51. The molecule has 1 fully saturated rings. The summed E-state index contributed by atoms with van der Waals surface area (Å²) >= 11 is 0. The number of aliphatic hydroxyl groups is 2. The van der Waals surface area contributed by atoms with E-state index in [1.165, 1.54) is 57.8 Å². The van der Waals surface area contributed by atoms with Gasteiger partial charge in [-0.15, -0.1) is 17.5 Å². The van der Waals surface area contributed by atoms with E-state index >= 15 is 0 Å². The average Bonchev–Trinajstić information content (AvgIpc) is 3.17. The molecule has 0 bridgehead atoms. The highest BCUT2D eigenvalue weighted by Crippen LogP contribution is 2.16. The number of nitrogens with one attached hydrogen (secondary N) is 1. The number of aliphatic hydroxyl groups excluding tert-OH is 2. The van der Waals surface area contributed by atoms with Crippen LogP contribution in [0.1, 0.15) is 83.7 Å². The van der Waals surface area contributed by atoms with E-state index in [4.69, 9.17) is 0 Å². The van der Waals surface area contributed by atoms with Gasteiger partial charge < -0.3 is 15.5 Å². The van der Waals surface area contributed by atoms with Crippen LogP contribution in [-0.2, 0) is 13.0 Å². The predicted octanol–water partition coefficient (Wildman–Crippen LogP) is 3.25. The van der Waals surface area contributed by atoms with Gasteiger partial charge in [-0.2, -0.15) is 0 Å². The van der Waals surface area contributed by atoms with Crippen LogP contribution in [-0.4, -0.2) is 49.5 Å². The molecule has 0 aromatic carbocycles. The zero-order chi connectivity index (χ0) is 18.8. The van der Waals surface area contributed by atoms with Gasteiger partial charge in [-0.05, 0) is 19.8 Å². The van der Waals surface area contributed by atoms with E-state index in [9.17, 15) is 10.2 Å². The van der Waals surface area contributed by atoms with Gasteiger partial charge in [0.1, 0.15) is 0 Å². The molecule has 0 unspecified atom stereocenters. The highest BCUT2D eigenvalue weighted by molar-refractivity contribution is 5.85. The molecule has 2 heterocycles. The standard InChI is InChI=1S/C20H38N4O2.ClH/c1-3-4-5-6-7-8-9-10-11-12-13-17-14-24(23-22-17)15-18-20(26)19(25)16(2)21-18;/h14,16,18-21,25-26H,3-13,15H2,1-2H3;1H/t16-,18-,19+,20-;/m0./s1. The van der Waals surface area contributed by atoms with Gasteiger partial charge in [0.25, 0.3) is 0 Å². The molecule has 0 saturated carbocycles. The lowest BCUT2D eigenvalue weighted by atomic mass is 10.1. The van der Waals surface area contributed by atoms with Gasteiger partial charge in [0.05, 0.1) is 30.5 Å². The summed E-state index contributed by atoms with van der Waals surface area (Å²) in [5.41, 5.74) is 1.02. The van der Waals surface area contributed by atoms with Crippen LogP contribution in [0.25, 0.3) is 0 Å². The summed E-state index contributed by atoms with van der Waals surface area (Å²) in [4.78, 5) is 0. The van der Waals surface area contributed by atoms with E-state index in [0.717, 1.165) is 18.5 Å². The predicted molar refractivity (Wildman–Crippen MR) is 111 cm³/mol. The molecule has 0 amide bonds. The van der Waals surface area contributed by atoms with Crippen LogP contribution < -0.4 is 5.32 Å². The number of aromatic nitrogens is 3. The first-order valence-corrected chi connectivity index (χ1v) is 10.6. The summed E-state index contributed by atoms with van der Waals surface area (Å²) in [6.07, 6.45) is 14.8. The van der Waals surface area contributed by atoms with Gasteiger partial charge in [0.2, 0.25) is 0 Å². The van der Waals surface area contributed by atoms with Crippen LogP contribution in [0.15, 0.2) is 6.20 Å². The second-order valence-corrected chi connectivity index (χ2v) is 7.91. The van der Waals surface area contributed by atoms with Crippen LogP contribution >= 0.6 is 12.4 Å². The van der Waals surface area contributed by atoms with Crippen molar-refractivity contribution in [3.05, 3.63) is 11.9 Å². The van der Waals surface area contributed by atoms with E-state index in [-0.39, 0.29) is 24.5 Å². The molecule has 0 spiro atoms. The number of halogens is 1. The fourth-order valence-corrected chi connectivity index (χ4v) is 3.77. The fourth-order valence-electron chi connectivity index (χ4n) is 3.77. The molecule has 1 saturated heterocycles. The molecule has 0 aliphatic carbocycles. The Morgan fingerprint density at radius 2 is 1.56 bits per heavy atom. The zero-order valence-electron chi connectivity index (χ0n) is 17.0. The minimum absolute atomic E-state index is 0. The van der Waals surface area contributed by atoms with Crippen molar-refractivity contribution in [1.82, 2.24) is 20.3 Å². The van der Waals surface area contributed by atoms with Gasteiger partial charge in [-0.25, -0.2) is 0 Å². The normalized spacial score (nSPS) is 24.9. The maximum Gasteiger partial charge on any atom is 0.0985 e. The lowest BCUT2D eigenvalue weighted by Gasteiger charge is -2.15. The van der Waals surface area contributed by atoms with Gasteiger partial charge >= 0.3 is 0 Å². The molecule has 3 N–H and O–H groups in total. The first kappa shape index (κ1) is 24.3. The monoisotopic (exact) mass is 402 g/mol. The van der Waals surface area contributed by atoms with Crippen LogP contribution in [0, 0.1) is 0 Å². The maximum absolute atomic E-state index is 10.0. The third kappa shape index (κ3) is 8.46. The lowest BCUT2D eigenvalue weighted by Crippen LogP contribution is -2.37. The minimum Gasteiger partial charge on any atom is -0.389 e. The van der Waals surface area contributed by atoms with E-state index in [1.807, 2.05) is 13.1 Å². The Bertz CT molecular complexity index is 500. The number of unbranched alkanes of at least 4 members (excludes halogenated alkanes) is 9. The van der Waals surface area contributed by atoms with Crippen molar-refractivity contribution in [3.63, 3.8) is 0 Å². The summed E-state index contributed by atoms with van der Waals surface area (Å²) < 4.78 is 1.78. The van der Waals surface area contributed by atoms with Crippen molar-refractivity contribution in [1.29, 1.82) is 0 Å². The Morgan fingerprint density at radius 3 is 2.11 bits per heavy atom. The number of aryl methyl sites for hydroxylation is 1. The second-order valence-electron chi connectivity index (χ2n) is 7.91. The molecule has 7 heteroatoms. The maximum atomic E-state index is 10.0. The number of nitrogens with zero attached hydrogens (tertiary/aromatic N) is 3. The first-order chi connectivity index (χ1) is 12.6. The van der Waals surface area contributed by atoms with E-state index in [1.54, 1.807) is 4.68 Å². The second kappa shape index (κ2) is 13.5. The summed E-state index contributed by atoms with van der Waals surface area (Å²) in [5, 5.41) is 31.5. The zero-order valence-corrected chi connectivity index (χ0v) is 17.8. The Labute approximate surface area is 170 Å². The summed E-state index contributed by atoms with van der Waals surface area (Å²) in [6, 6.07) is -0.267. The highest BCUT2D eigenvalue weighted by atomic mass is 35.5. The molecule has 0 radical (unpaired) electrons. The molecular formula is C20H39ClN4O2. The largest absolute Gasteiger partial charge is 0.389 e. The molecule has 1 aliphatic heterocycles. The van der Waals surface area contributed by atoms with Crippen LogP contribution in [0.2, 0.25) is 0 Å². The Morgan fingerprint density at radius 1 is 0.963 bits per heavy atom. The SMILES string of the molecule is CCCCCCCCCCCCc1cn(C[C@@H]2N[C@@H](C)[C@@H](O)[C@H]2O)nn1.Cl. The molecular weight excluding hydrogens is 364 g/mol. The Balaban J connectivity index is 0.00000364. The molecule has 1 aromatic rings. The lowest BCUT2D eigenvalue weighted by molar-refractivity contribution is 0.0275.